The maximum atomic E-state index is 3.51. The quantitative estimate of drug-likeness (QED) is 0.878. The summed E-state index contributed by atoms with van der Waals surface area (Å²) in [4.78, 5) is 0. The van der Waals surface area contributed by atoms with Gasteiger partial charge in [0.25, 0.3) is 0 Å². The van der Waals surface area contributed by atoms with Crippen molar-refractivity contribution < 1.29 is 0 Å². The molecule has 0 aliphatic carbocycles. The molecule has 0 radical (unpaired) electrons. The molecular formula is C15H23NS. The molecule has 1 aliphatic rings. The van der Waals surface area contributed by atoms with Crippen LogP contribution in [0.5, 0.6) is 0 Å². The summed E-state index contributed by atoms with van der Waals surface area (Å²) in [6.07, 6.45) is 3.93. The van der Waals surface area contributed by atoms with Gasteiger partial charge in [-0.05, 0) is 62.6 Å². The summed E-state index contributed by atoms with van der Waals surface area (Å²) in [5.41, 5.74) is 4.28. The molecule has 0 spiro atoms. The smallest absolute Gasteiger partial charge is 0.0223 e. The third-order valence-corrected chi connectivity index (χ3v) is 5.33. The van der Waals surface area contributed by atoms with Gasteiger partial charge in [-0.1, -0.05) is 18.2 Å². The highest BCUT2D eigenvalue weighted by Crippen LogP contribution is 2.30. The SMILES string of the molecule is CNC(Cc1ccc(C)c(C)c1)C1CCCS1. The van der Waals surface area contributed by atoms with E-state index in [4.69, 9.17) is 0 Å². The van der Waals surface area contributed by atoms with E-state index in [0.717, 1.165) is 11.7 Å². The van der Waals surface area contributed by atoms with Crippen LogP contribution in [0.4, 0.5) is 0 Å². The fourth-order valence-electron chi connectivity index (χ4n) is 2.52. The van der Waals surface area contributed by atoms with Crippen LogP contribution in [-0.4, -0.2) is 24.1 Å². The zero-order chi connectivity index (χ0) is 12.3. The van der Waals surface area contributed by atoms with Crippen LogP contribution in [0.1, 0.15) is 29.5 Å². The lowest BCUT2D eigenvalue weighted by molar-refractivity contribution is 0.524. The first-order valence-corrected chi connectivity index (χ1v) is 7.60. The summed E-state index contributed by atoms with van der Waals surface area (Å²) in [6.45, 7) is 4.39. The molecule has 0 aromatic heterocycles. The first-order chi connectivity index (χ1) is 8.20. The summed E-state index contributed by atoms with van der Waals surface area (Å²) < 4.78 is 0. The molecular weight excluding hydrogens is 226 g/mol. The van der Waals surface area contributed by atoms with Crippen molar-refractivity contribution in [1.82, 2.24) is 5.32 Å². The number of nitrogens with one attached hydrogen (secondary N) is 1. The molecule has 0 saturated carbocycles. The molecule has 2 rings (SSSR count). The van der Waals surface area contributed by atoms with Gasteiger partial charge in [-0.3, -0.25) is 0 Å². The van der Waals surface area contributed by atoms with Crippen molar-refractivity contribution in [3.05, 3.63) is 34.9 Å². The lowest BCUT2D eigenvalue weighted by Gasteiger charge is -2.22. The second kappa shape index (κ2) is 5.92. The molecule has 1 N–H and O–H groups in total. The van der Waals surface area contributed by atoms with E-state index in [1.165, 1.54) is 35.3 Å². The highest BCUT2D eigenvalue weighted by atomic mass is 32.2. The molecule has 0 bridgehead atoms. The monoisotopic (exact) mass is 249 g/mol. The zero-order valence-electron chi connectivity index (χ0n) is 11.1. The van der Waals surface area contributed by atoms with Gasteiger partial charge in [0.15, 0.2) is 0 Å². The Morgan fingerprint density at radius 1 is 1.35 bits per heavy atom. The van der Waals surface area contributed by atoms with Gasteiger partial charge in [-0.25, -0.2) is 0 Å². The van der Waals surface area contributed by atoms with Gasteiger partial charge in [0.1, 0.15) is 0 Å². The maximum absolute atomic E-state index is 3.51. The molecule has 17 heavy (non-hydrogen) atoms. The molecule has 1 aromatic carbocycles. The van der Waals surface area contributed by atoms with E-state index >= 15 is 0 Å². The molecule has 2 heteroatoms. The first-order valence-electron chi connectivity index (χ1n) is 6.55. The van der Waals surface area contributed by atoms with Crippen LogP contribution in [0.2, 0.25) is 0 Å². The fourth-order valence-corrected chi connectivity index (χ4v) is 3.96. The average Bonchev–Trinajstić information content (AvgIpc) is 2.84. The number of rotatable bonds is 4. The van der Waals surface area contributed by atoms with Crippen LogP contribution in [0.25, 0.3) is 0 Å². The topological polar surface area (TPSA) is 12.0 Å². The minimum absolute atomic E-state index is 0.629. The van der Waals surface area contributed by atoms with E-state index in [2.05, 4.69) is 56.2 Å². The van der Waals surface area contributed by atoms with Gasteiger partial charge >= 0.3 is 0 Å². The van der Waals surface area contributed by atoms with E-state index in [0.29, 0.717) is 6.04 Å². The number of benzene rings is 1. The van der Waals surface area contributed by atoms with Crippen molar-refractivity contribution in [3.8, 4) is 0 Å². The third kappa shape index (κ3) is 3.26. The van der Waals surface area contributed by atoms with Crippen LogP contribution < -0.4 is 5.32 Å². The Bertz CT molecular complexity index is 369. The number of likely N-dealkylation sites (N-methyl/N-ethyl adjacent to an activating group) is 1. The number of hydrogen-bond donors (Lipinski definition) is 1. The highest BCUT2D eigenvalue weighted by Gasteiger charge is 2.24. The van der Waals surface area contributed by atoms with E-state index in [-0.39, 0.29) is 0 Å². The van der Waals surface area contributed by atoms with Crippen LogP contribution in [0, 0.1) is 13.8 Å². The highest BCUT2D eigenvalue weighted by molar-refractivity contribution is 8.00. The van der Waals surface area contributed by atoms with Crippen molar-refractivity contribution in [2.24, 2.45) is 0 Å². The van der Waals surface area contributed by atoms with E-state index < -0.39 is 0 Å². The van der Waals surface area contributed by atoms with Gasteiger partial charge in [0.2, 0.25) is 0 Å². The molecule has 1 saturated heterocycles. The van der Waals surface area contributed by atoms with Crippen molar-refractivity contribution >= 4 is 11.8 Å². The maximum Gasteiger partial charge on any atom is 0.0223 e. The third-order valence-electron chi connectivity index (χ3n) is 3.81. The summed E-state index contributed by atoms with van der Waals surface area (Å²) >= 11 is 2.14. The van der Waals surface area contributed by atoms with Gasteiger partial charge in [-0.2, -0.15) is 11.8 Å². The molecule has 0 amide bonds. The first kappa shape index (κ1) is 13.0. The van der Waals surface area contributed by atoms with Crippen molar-refractivity contribution in [2.45, 2.75) is 44.4 Å². The zero-order valence-corrected chi connectivity index (χ0v) is 11.9. The molecule has 94 valence electrons. The minimum Gasteiger partial charge on any atom is -0.316 e. The summed E-state index contributed by atoms with van der Waals surface area (Å²) in [6, 6.07) is 7.51. The lowest BCUT2D eigenvalue weighted by Crippen LogP contribution is -2.36. The normalized spacial score (nSPS) is 21.7. The predicted molar refractivity (Wildman–Crippen MR) is 77.9 cm³/mol. The van der Waals surface area contributed by atoms with E-state index in [1.807, 2.05) is 0 Å². The average molecular weight is 249 g/mol. The molecule has 1 heterocycles. The standard InChI is InChI=1S/C15H23NS/c1-11-6-7-13(9-12(11)2)10-14(16-3)15-5-4-8-17-15/h6-7,9,14-16H,4-5,8,10H2,1-3H3. The Kier molecular flexibility index (Phi) is 4.52. The van der Waals surface area contributed by atoms with Crippen LogP contribution in [0.3, 0.4) is 0 Å². The number of thioether (sulfide) groups is 1. The second-order valence-corrected chi connectivity index (χ2v) is 6.42. The Balaban J connectivity index is 2.04. The van der Waals surface area contributed by atoms with Gasteiger partial charge in [-0.15, -0.1) is 0 Å². The van der Waals surface area contributed by atoms with Crippen molar-refractivity contribution in [3.63, 3.8) is 0 Å². The lowest BCUT2D eigenvalue weighted by atomic mass is 9.98. The Morgan fingerprint density at radius 2 is 2.18 bits per heavy atom. The van der Waals surface area contributed by atoms with E-state index in [9.17, 15) is 0 Å². The fraction of sp³-hybridized carbons (Fsp3) is 0.600. The Hall–Kier alpha value is -0.470. The predicted octanol–water partition coefficient (Wildman–Crippen LogP) is 3.33. The summed E-state index contributed by atoms with van der Waals surface area (Å²) in [7, 11) is 2.10. The van der Waals surface area contributed by atoms with Crippen LogP contribution >= 0.6 is 11.8 Å². The number of aryl methyl sites for hydroxylation is 2. The summed E-state index contributed by atoms with van der Waals surface area (Å²) in [5.74, 6) is 1.34. The largest absolute Gasteiger partial charge is 0.316 e. The second-order valence-electron chi connectivity index (χ2n) is 5.07. The van der Waals surface area contributed by atoms with Crippen LogP contribution in [-0.2, 0) is 6.42 Å². The van der Waals surface area contributed by atoms with Gasteiger partial charge in [0, 0.05) is 11.3 Å². The molecule has 1 fully saturated rings. The van der Waals surface area contributed by atoms with Crippen molar-refractivity contribution in [1.29, 1.82) is 0 Å². The molecule has 2 unspecified atom stereocenters. The minimum atomic E-state index is 0.629. The van der Waals surface area contributed by atoms with Crippen molar-refractivity contribution in [2.75, 3.05) is 12.8 Å². The summed E-state index contributed by atoms with van der Waals surface area (Å²) in [5, 5.41) is 4.31. The van der Waals surface area contributed by atoms with Gasteiger partial charge in [0.05, 0.1) is 0 Å². The molecule has 1 aliphatic heterocycles. The van der Waals surface area contributed by atoms with Crippen LogP contribution in [0.15, 0.2) is 18.2 Å². The molecule has 1 aromatic rings. The van der Waals surface area contributed by atoms with Gasteiger partial charge < -0.3 is 5.32 Å². The van der Waals surface area contributed by atoms with E-state index in [1.54, 1.807) is 0 Å². The Labute approximate surface area is 109 Å². The Morgan fingerprint density at radius 3 is 2.76 bits per heavy atom. The molecule has 2 atom stereocenters. The molecule has 1 nitrogen and oxygen atoms in total. The number of hydrogen-bond acceptors (Lipinski definition) is 2.